The summed E-state index contributed by atoms with van der Waals surface area (Å²) < 4.78 is 0. The van der Waals surface area contributed by atoms with Gasteiger partial charge in [-0.25, -0.2) is 0 Å². The lowest BCUT2D eigenvalue weighted by Crippen LogP contribution is -2.47. The molecule has 0 amide bonds. The zero-order valence-electron chi connectivity index (χ0n) is 9.42. The van der Waals surface area contributed by atoms with E-state index in [2.05, 4.69) is 18.0 Å². The molecule has 3 rings (SSSR count). The molecule has 2 aliphatic rings. The number of nitrogens with one attached hydrogen (secondary N) is 1. The third-order valence-electron chi connectivity index (χ3n) is 3.71. The third-order valence-corrected chi connectivity index (χ3v) is 3.71. The standard InChI is InChI=1S/C13H16N2O/c1-8-4-9-6-13(14,5-8)7-11-10(9)2-3-12(16)15-11/h2-3,5,9H,4,6-7,14H2,1H3,(H,15,16). The average Bonchev–Trinajstić information content (AvgIpc) is 2.13. The molecule has 84 valence electrons. The highest BCUT2D eigenvalue weighted by Crippen LogP contribution is 2.43. The van der Waals surface area contributed by atoms with Gasteiger partial charge in [0.1, 0.15) is 0 Å². The number of hydrogen-bond acceptors (Lipinski definition) is 2. The van der Waals surface area contributed by atoms with E-state index in [4.69, 9.17) is 5.73 Å². The predicted octanol–water partition coefficient (Wildman–Crippen LogP) is 1.45. The topological polar surface area (TPSA) is 58.9 Å². The van der Waals surface area contributed by atoms with Gasteiger partial charge in [0.25, 0.3) is 0 Å². The van der Waals surface area contributed by atoms with Crippen LogP contribution in [-0.4, -0.2) is 10.5 Å². The first-order valence-corrected chi connectivity index (χ1v) is 5.75. The molecule has 1 aromatic rings. The maximum Gasteiger partial charge on any atom is 0.248 e. The van der Waals surface area contributed by atoms with Crippen LogP contribution in [-0.2, 0) is 6.42 Å². The average molecular weight is 216 g/mol. The van der Waals surface area contributed by atoms with Gasteiger partial charge in [-0.3, -0.25) is 4.79 Å². The van der Waals surface area contributed by atoms with Crippen molar-refractivity contribution in [1.82, 2.24) is 4.98 Å². The van der Waals surface area contributed by atoms with E-state index in [9.17, 15) is 4.79 Å². The summed E-state index contributed by atoms with van der Waals surface area (Å²) in [4.78, 5) is 14.2. The molecule has 2 unspecified atom stereocenters. The fourth-order valence-electron chi connectivity index (χ4n) is 3.26. The maximum absolute atomic E-state index is 11.3. The van der Waals surface area contributed by atoms with Crippen LogP contribution in [0.4, 0.5) is 0 Å². The molecule has 2 atom stereocenters. The molecular formula is C13H16N2O. The molecule has 0 saturated heterocycles. The van der Waals surface area contributed by atoms with E-state index in [-0.39, 0.29) is 11.1 Å². The second kappa shape index (κ2) is 3.08. The van der Waals surface area contributed by atoms with Crippen molar-refractivity contribution in [2.75, 3.05) is 0 Å². The van der Waals surface area contributed by atoms with E-state index >= 15 is 0 Å². The van der Waals surface area contributed by atoms with E-state index < -0.39 is 0 Å². The number of allylic oxidation sites excluding steroid dienone is 1. The van der Waals surface area contributed by atoms with Crippen LogP contribution in [0.15, 0.2) is 28.6 Å². The Hall–Kier alpha value is -1.35. The Labute approximate surface area is 94.4 Å². The summed E-state index contributed by atoms with van der Waals surface area (Å²) in [6, 6.07) is 3.59. The number of aromatic amines is 1. The van der Waals surface area contributed by atoms with Crippen molar-refractivity contribution in [1.29, 1.82) is 0 Å². The summed E-state index contributed by atoms with van der Waals surface area (Å²) in [6.45, 7) is 2.14. The van der Waals surface area contributed by atoms with Crippen LogP contribution in [0.3, 0.4) is 0 Å². The molecule has 1 heterocycles. The Morgan fingerprint density at radius 2 is 2.31 bits per heavy atom. The van der Waals surface area contributed by atoms with Crippen molar-refractivity contribution >= 4 is 0 Å². The lowest BCUT2D eigenvalue weighted by molar-refractivity contribution is 0.370. The van der Waals surface area contributed by atoms with Gasteiger partial charge in [-0.1, -0.05) is 17.7 Å². The molecule has 0 aliphatic heterocycles. The van der Waals surface area contributed by atoms with Crippen LogP contribution in [0.2, 0.25) is 0 Å². The van der Waals surface area contributed by atoms with Gasteiger partial charge in [0, 0.05) is 23.7 Å². The van der Waals surface area contributed by atoms with Gasteiger partial charge >= 0.3 is 0 Å². The normalized spacial score (nSPS) is 31.9. The van der Waals surface area contributed by atoms with Crippen molar-refractivity contribution in [3.8, 4) is 0 Å². The lowest BCUT2D eigenvalue weighted by Gasteiger charge is -2.41. The monoisotopic (exact) mass is 216 g/mol. The van der Waals surface area contributed by atoms with E-state index in [1.54, 1.807) is 6.07 Å². The molecule has 3 N–H and O–H groups in total. The van der Waals surface area contributed by atoms with Crippen LogP contribution in [0.1, 0.15) is 36.9 Å². The molecule has 0 aromatic carbocycles. The third kappa shape index (κ3) is 1.43. The first kappa shape index (κ1) is 9.85. The smallest absolute Gasteiger partial charge is 0.248 e. The zero-order valence-corrected chi connectivity index (χ0v) is 9.42. The number of rotatable bonds is 0. The Bertz CT molecular complexity index is 529. The van der Waals surface area contributed by atoms with Gasteiger partial charge in [0.05, 0.1) is 0 Å². The molecule has 0 radical (unpaired) electrons. The fraction of sp³-hybridized carbons (Fsp3) is 0.462. The molecule has 16 heavy (non-hydrogen) atoms. The second-order valence-electron chi connectivity index (χ2n) is 5.26. The number of pyridine rings is 1. The fourth-order valence-corrected chi connectivity index (χ4v) is 3.26. The Kier molecular flexibility index (Phi) is 1.89. The lowest BCUT2D eigenvalue weighted by atomic mass is 9.68. The minimum Gasteiger partial charge on any atom is -0.326 e. The number of nitrogens with two attached hydrogens (primary N) is 1. The minimum absolute atomic E-state index is 0.0250. The van der Waals surface area contributed by atoms with Gasteiger partial charge in [-0.15, -0.1) is 0 Å². The minimum atomic E-state index is -0.246. The van der Waals surface area contributed by atoms with E-state index in [0.717, 1.165) is 25.0 Å². The SMILES string of the molecule is CC1=CC2(N)Cc3[nH]c(=O)ccc3C(C1)C2. The van der Waals surface area contributed by atoms with Crippen molar-refractivity contribution in [2.24, 2.45) is 5.73 Å². The molecule has 3 heteroatoms. The molecule has 1 aromatic heterocycles. The van der Waals surface area contributed by atoms with Crippen LogP contribution < -0.4 is 11.3 Å². The summed E-state index contributed by atoms with van der Waals surface area (Å²) in [7, 11) is 0. The van der Waals surface area contributed by atoms with Gasteiger partial charge < -0.3 is 10.7 Å². The quantitative estimate of drug-likeness (QED) is 0.645. The highest BCUT2D eigenvalue weighted by atomic mass is 16.1. The molecule has 0 fully saturated rings. The van der Waals surface area contributed by atoms with Crippen LogP contribution >= 0.6 is 0 Å². The molecule has 3 nitrogen and oxygen atoms in total. The Balaban J connectivity index is 2.16. The highest BCUT2D eigenvalue weighted by molar-refractivity contribution is 5.37. The van der Waals surface area contributed by atoms with Crippen molar-refractivity contribution in [2.45, 2.75) is 37.6 Å². The Morgan fingerprint density at radius 1 is 1.50 bits per heavy atom. The van der Waals surface area contributed by atoms with Crippen LogP contribution in [0.5, 0.6) is 0 Å². The molecule has 2 aliphatic carbocycles. The molecule has 0 spiro atoms. The highest BCUT2D eigenvalue weighted by Gasteiger charge is 2.38. The summed E-state index contributed by atoms with van der Waals surface area (Å²) in [5.41, 5.74) is 9.78. The number of fused-ring (bicyclic) bond motifs is 4. The first-order chi connectivity index (χ1) is 7.56. The molecule has 0 saturated carbocycles. The largest absolute Gasteiger partial charge is 0.326 e. The van der Waals surface area contributed by atoms with Gasteiger partial charge in [-0.05, 0) is 31.2 Å². The van der Waals surface area contributed by atoms with Crippen molar-refractivity contribution in [3.05, 3.63) is 45.4 Å². The van der Waals surface area contributed by atoms with Crippen molar-refractivity contribution in [3.63, 3.8) is 0 Å². The summed E-state index contributed by atoms with van der Waals surface area (Å²) in [6.07, 6.45) is 5.01. The predicted molar refractivity (Wildman–Crippen MR) is 63.4 cm³/mol. The maximum atomic E-state index is 11.3. The summed E-state index contributed by atoms with van der Waals surface area (Å²) >= 11 is 0. The zero-order chi connectivity index (χ0) is 11.3. The summed E-state index contributed by atoms with van der Waals surface area (Å²) in [5.74, 6) is 0.482. The Morgan fingerprint density at radius 3 is 3.12 bits per heavy atom. The van der Waals surface area contributed by atoms with Gasteiger partial charge in [0.2, 0.25) is 5.56 Å². The van der Waals surface area contributed by atoms with E-state index in [1.165, 1.54) is 11.1 Å². The number of aromatic nitrogens is 1. The number of H-pyrrole nitrogens is 1. The molecule has 2 bridgehead atoms. The second-order valence-corrected chi connectivity index (χ2v) is 5.26. The van der Waals surface area contributed by atoms with Crippen molar-refractivity contribution < 1.29 is 0 Å². The number of hydrogen-bond donors (Lipinski definition) is 2. The van der Waals surface area contributed by atoms with Gasteiger partial charge in [0.15, 0.2) is 0 Å². The van der Waals surface area contributed by atoms with Crippen LogP contribution in [0.25, 0.3) is 0 Å². The molecular weight excluding hydrogens is 200 g/mol. The van der Waals surface area contributed by atoms with Gasteiger partial charge in [-0.2, -0.15) is 0 Å². The van der Waals surface area contributed by atoms with Crippen LogP contribution in [0, 0.1) is 0 Å². The first-order valence-electron chi connectivity index (χ1n) is 5.75. The summed E-state index contributed by atoms with van der Waals surface area (Å²) in [5, 5.41) is 0. The van der Waals surface area contributed by atoms with E-state index in [1.807, 2.05) is 6.07 Å². The van der Waals surface area contributed by atoms with E-state index in [0.29, 0.717) is 5.92 Å².